The van der Waals surface area contributed by atoms with Gasteiger partial charge in [-0.25, -0.2) is 5.43 Å². The number of nitro groups is 2. The summed E-state index contributed by atoms with van der Waals surface area (Å²) in [6, 6.07) is 18.1. The van der Waals surface area contributed by atoms with Crippen LogP contribution in [0.4, 0.5) is 11.4 Å². The molecule has 1 unspecified atom stereocenters. The van der Waals surface area contributed by atoms with Crippen molar-refractivity contribution < 1.29 is 24.2 Å². The zero-order valence-corrected chi connectivity index (χ0v) is 23.0. The number of amides is 2. The van der Waals surface area contributed by atoms with Crippen LogP contribution in [0.5, 0.6) is 5.75 Å². The number of nitrogens with zero attached hydrogens (tertiary/aromatic N) is 3. The lowest BCUT2D eigenvalue weighted by Gasteiger charge is -2.17. The first kappa shape index (κ1) is 30.8. The molecule has 3 aromatic rings. The number of nitrogens with one attached hydrogen (secondary N) is 2. The van der Waals surface area contributed by atoms with Gasteiger partial charge >= 0.3 is 0 Å². The Balaban J connectivity index is 1.70. The van der Waals surface area contributed by atoms with Gasteiger partial charge in [0.25, 0.3) is 23.2 Å². The van der Waals surface area contributed by atoms with E-state index in [2.05, 4.69) is 22.8 Å². The van der Waals surface area contributed by atoms with Crippen molar-refractivity contribution in [2.75, 3.05) is 12.4 Å². The molecule has 0 aliphatic heterocycles. The van der Waals surface area contributed by atoms with E-state index in [1.807, 2.05) is 30.3 Å². The highest BCUT2D eigenvalue weighted by Gasteiger charge is 2.25. The minimum Gasteiger partial charge on any atom is -0.494 e. The van der Waals surface area contributed by atoms with Crippen molar-refractivity contribution in [2.24, 2.45) is 5.10 Å². The minimum absolute atomic E-state index is 0.142. The smallest absolute Gasteiger partial charge is 0.277 e. The minimum atomic E-state index is -1.10. The molecule has 0 saturated carbocycles. The summed E-state index contributed by atoms with van der Waals surface area (Å²) < 4.78 is 5.63. The predicted octanol–water partition coefficient (Wildman–Crippen LogP) is 4.86. The lowest BCUT2D eigenvalue weighted by Crippen LogP contribution is -2.47. The molecule has 41 heavy (non-hydrogen) atoms. The molecule has 3 rings (SSSR count). The molecule has 3 aromatic carbocycles. The van der Waals surface area contributed by atoms with Crippen molar-refractivity contribution in [3.8, 4) is 5.75 Å². The van der Waals surface area contributed by atoms with Crippen LogP contribution in [0.3, 0.4) is 0 Å². The second kappa shape index (κ2) is 15.7. The van der Waals surface area contributed by atoms with Crippen molar-refractivity contribution in [3.63, 3.8) is 0 Å². The molecule has 0 radical (unpaired) electrons. The number of ether oxygens (including phenoxy) is 1. The fourth-order valence-electron chi connectivity index (χ4n) is 3.46. The molecular formula is C28H29N5O7S. The lowest BCUT2D eigenvalue weighted by molar-refractivity contribution is -0.394. The molecule has 0 aromatic heterocycles. The van der Waals surface area contributed by atoms with E-state index in [0.717, 1.165) is 42.4 Å². The normalized spacial score (nSPS) is 11.5. The Hall–Kier alpha value is -4.78. The van der Waals surface area contributed by atoms with Crippen molar-refractivity contribution in [3.05, 3.63) is 110 Å². The van der Waals surface area contributed by atoms with Crippen LogP contribution in [-0.4, -0.2) is 46.3 Å². The standard InChI is InChI=1S/C28H29N5O7S/c1-2-3-13-40-25-11-9-20(10-12-25)17-29-31-28(35)26(19-41-18-21-7-5-4-6-8-21)30-27(34)22-14-23(32(36)37)16-24(15-22)33(38)39/h4-12,14-17,26H,2-3,13,18-19H2,1H3,(H,30,34)(H,31,35)/b29-17+. The zero-order valence-electron chi connectivity index (χ0n) is 22.2. The van der Waals surface area contributed by atoms with Gasteiger partial charge in [0.15, 0.2) is 0 Å². The van der Waals surface area contributed by atoms with Crippen LogP contribution in [0.15, 0.2) is 77.9 Å². The molecular weight excluding hydrogens is 550 g/mol. The van der Waals surface area contributed by atoms with E-state index in [-0.39, 0.29) is 11.3 Å². The second-order valence-corrected chi connectivity index (χ2v) is 9.81. The van der Waals surface area contributed by atoms with Crippen molar-refractivity contribution in [1.29, 1.82) is 0 Å². The Morgan fingerprint density at radius 2 is 1.66 bits per heavy atom. The lowest BCUT2D eigenvalue weighted by atomic mass is 10.1. The maximum Gasteiger partial charge on any atom is 0.277 e. The van der Waals surface area contributed by atoms with E-state index >= 15 is 0 Å². The average Bonchev–Trinajstić information content (AvgIpc) is 2.97. The Bertz CT molecular complexity index is 1350. The van der Waals surface area contributed by atoms with Gasteiger partial charge in [-0.1, -0.05) is 43.7 Å². The number of nitro benzene ring substituents is 2. The highest BCUT2D eigenvalue weighted by molar-refractivity contribution is 7.98. The average molecular weight is 580 g/mol. The maximum atomic E-state index is 13.0. The summed E-state index contributed by atoms with van der Waals surface area (Å²) in [7, 11) is 0. The summed E-state index contributed by atoms with van der Waals surface area (Å²) in [6.07, 6.45) is 3.42. The Labute approximate surface area is 240 Å². The van der Waals surface area contributed by atoms with Gasteiger partial charge in [0, 0.05) is 23.6 Å². The fourth-order valence-corrected chi connectivity index (χ4v) is 4.48. The molecule has 0 aliphatic carbocycles. The van der Waals surface area contributed by atoms with Gasteiger partial charge in [-0.15, -0.1) is 0 Å². The van der Waals surface area contributed by atoms with Crippen LogP contribution >= 0.6 is 11.8 Å². The Kier molecular flexibility index (Phi) is 11.8. The first-order chi connectivity index (χ1) is 19.8. The number of benzene rings is 3. The summed E-state index contributed by atoms with van der Waals surface area (Å²) in [5.41, 5.74) is 2.57. The molecule has 2 N–H and O–H groups in total. The summed E-state index contributed by atoms with van der Waals surface area (Å²) in [5, 5.41) is 29.0. The van der Waals surface area contributed by atoms with Gasteiger partial charge in [-0.3, -0.25) is 29.8 Å². The van der Waals surface area contributed by atoms with Crippen LogP contribution < -0.4 is 15.5 Å². The van der Waals surface area contributed by atoms with Gasteiger partial charge in [0.1, 0.15) is 11.8 Å². The van der Waals surface area contributed by atoms with Crippen LogP contribution in [0.1, 0.15) is 41.3 Å². The quantitative estimate of drug-likeness (QED) is 0.111. The molecule has 0 fully saturated rings. The van der Waals surface area contributed by atoms with Crippen LogP contribution in [-0.2, 0) is 10.5 Å². The van der Waals surface area contributed by atoms with E-state index in [9.17, 15) is 29.8 Å². The number of carbonyl (C=O) groups is 2. The van der Waals surface area contributed by atoms with Crippen molar-refractivity contribution >= 4 is 41.2 Å². The number of hydrogen-bond donors (Lipinski definition) is 2. The van der Waals surface area contributed by atoms with Crippen LogP contribution in [0.2, 0.25) is 0 Å². The van der Waals surface area contributed by atoms with Gasteiger partial charge in [0.05, 0.1) is 34.3 Å². The molecule has 214 valence electrons. The van der Waals surface area contributed by atoms with Gasteiger partial charge in [-0.2, -0.15) is 16.9 Å². The van der Waals surface area contributed by atoms with Gasteiger partial charge < -0.3 is 10.1 Å². The van der Waals surface area contributed by atoms with E-state index in [1.54, 1.807) is 24.3 Å². The first-order valence-corrected chi connectivity index (χ1v) is 13.8. The third-order valence-electron chi connectivity index (χ3n) is 5.64. The predicted molar refractivity (Wildman–Crippen MR) is 156 cm³/mol. The number of carbonyl (C=O) groups excluding carboxylic acids is 2. The number of non-ortho nitro benzene ring substituents is 2. The molecule has 0 aliphatic rings. The third-order valence-corrected chi connectivity index (χ3v) is 6.75. The number of hydrazone groups is 1. The van der Waals surface area contributed by atoms with E-state index in [0.29, 0.717) is 17.9 Å². The first-order valence-electron chi connectivity index (χ1n) is 12.7. The summed E-state index contributed by atoms with van der Waals surface area (Å²) in [6.45, 7) is 2.70. The summed E-state index contributed by atoms with van der Waals surface area (Å²) >= 11 is 1.38. The molecule has 13 heteroatoms. The molecule has 1 atom stereocenters. The third kappa shape index (κ3) is 10.0. The Morgan fingerprint density at radius 1 is 1.00 bits per heavy atom. The van der Waals surface area contributed by atoms with Crippen LogP contribution in [0, 0.1) is 20.2 Å². The number of rotatable bonds is 15. The highest BCUT2D eigenvalue weighted by atomic mass is 32.2. The SMILES string of the molecule is CCCCOc1ccc(/C=N/NC(=O)C(CSCc2ccccc2)NC(=O)c2cc([N+](=O)[O-])cc([N+](=O)[O-])c2)cc1. The largest absolute Gasteiger partial charge is 0.494 e. The molecule has 0 spiro atoms. The topological polar surface area (TPSA) is 166 Å². The van der Waals surface area contributed by atoms with Gasteiger partial charge in [0.2, 0.25) is 0 Å². The number of hydrogen-bond acceptors (Lipinski definition) is 9. The van der Waals surface area contributed by atoms with E-state index < -0.39 is 39.1 Å². The highest BCUT2D eigenvalue weighted by Crippen LogP contribution is 2.23. The van der Waals surface area contributed by atoms with Crippen LogP contribution in [0.25, 0.3) is 0 Å². The van der Waals surface area contributed by atoms with E-state index in [4.69, 9.17) is 4.74 Å². The molecule has 0 bridgehead atoms. The molecule has 0 saturated heterocycles. The second-order valence-electron chi connectivity index (χ2n) is 8.78. The van der Waals surface area contributed by atoms with Gasteiger partial charge in [-0.05, 0) is 41.8 Å². The summed E-state index contributed by atoms with van der Waals surface area (Å²) in [5.74, 6) is -0.0876. The number of unbranched alkanes of at least 4 members (excludes halogenated alkanes) is 1. The zero-order chi connectivity index (χ0) is 29.6. The Morgan fingerprint density at radius 3 is 2.27 bits per heavy atom. The van der Waals surface area contributed by atoms with Crippen molar-refractivity contribution in [2.45, 2.75) is 31.6 Å². The number of thioether (sulfide) groups is 1. The maximum absolute atomic E-state index is 13.0. The molecule has 12 nitrogen and oxygen atoms in total. The summed E-state index contributed by atoms with van der Waals surface area (Å²) in [4.78, 5) is 46.8. The fraction of sp³-hybridized carbons (Fsp3) is 0.250. The van der Waals surface area contributed by atoms with E-state index in [1.165, 1.54) is 18.0 Å². The van der Waals surface area contributed by atoms with Crippen molar-refractivity contribution in [1.82, 2.24) is 10.7 Å². The molecule has 0 heterocycles. The monoisotopic (exact) mass is 579 g/mol. The molecule has 2 amide bonds.